The molecule has 3 atom stereocenters. The summed E-state index contributed by atoms with van der Waals surface area (Å²) in [6, 6.07) is 7.17. The largest absolute Gasteiger partial charge is 0.497 e. The van der Waals surface area contributed by atoms with E-state index < -0.39 is 18.1 Å². The number of carbonyl (C=O) groups is 1. The van der Waals surface area contributed by atoms with Crippen LogP contribution in [0.5, 0.6) is 5.75 Å². The van der Waals surface area contributed by atoms with E-state index in [4.69, 9.17) is 4.74 Å². The number of imidazole rings is 1. The van der Waals surface area contributed by atoms with Crippen LogP contribution in [0, 0.1) is 11.8 Å². The number of aromatic nitrogens is 3. The number of likely N-dealkylation sites (tertiary alicyclic amines) is 1. The number of hydrogen-bond donors (Lipinski definition) is 1. The van der Waals surface area contributed by atoms with Gasteiger partial charge in [-0.15, -0.1) is 11.8 Å². The lowest BCUT2D eigenvalue weighted by atomic mass is 9.81. The summed E-state index contributed by atoms with van der Waals surface area (Å²) in [7, 11) is 3.57. The van der Waals surface area contributed by atoms with Crippen molar-refractivity contribution in [2.75, 3.05) is 32.5 Å². The number of carboxylic acid groups (broad SMARTS) is 1. The van der Waals surface area contributed by atoms with Gasteiger partial charge in [0.1, 0.15) is 11.9 Å². The molecule has 35 heavy (non-hydrogen) atoms. The van der Waals surface area contributed by atoms with Crippen LogP contribution in [-0.2, 0) is 11.8 Å². The summed E-state index contributed by atoms with van der Waals surface area (Å²) >= 11 is 1.77. The number of methoxy groups -OCH3 is 1. The van der Waals surface area contributed by atoms with Crippen molar-refractivity contribution in [2.45, 2.75) is 36.9 Å². The molecule has 0 amide bonds. The number of aliphatic carboxylic acids is 1. The molecule has 2 aromatic heterocycles. The van der Waals surface area contributed by atoms with Crippen molar-refractivity contribution in [1.82, 2.24) is 19.4 Å². The maximum absolute atomic E-state index is 15.4. The van der Waals surface area contributed by atoms with Gasteiger partial charge in [0.25, 0.3) is 0 Å². The number of benzene rings is 1. The number of ether oxygens (including phenoxy) is 1. The molecular weight excluding hydrogens is 467 g/mol. The van der Waals surface area contributed by atoms with Crippen molar-refractivity contribution in [3.8, 4) is 5.75 Å². The molecule has 0 unspecified atom stereocenters. The first-order valence-electron chi connectivity index (χ1n) is 12.1. The van der Waals surface area contributed by atoms with Crippen molar-refractivity contribution in [3.05, 3.63) is 48.5 Å². The monoisotopic (exact) mass is 500 g/mol. The van der Waals surface area contributed by atoms with E-state index in [1.165, 1.54) is 0 Å². The Morgan fingerprint density at radius 1 is 1.37 bits per heavy atom. The van der Waals surface area contributed by atoms with Gasteiger partial charge in [-0.3, -0.25) is 9.78 Å². The lowest BCUT2D eigenvalue weighted by molar-refractivity contribution is -0.146. The fourth-order valence-corrected chi connectivity index (χ4v) is 5.78. The number of hydrogen-bond acceptors (Lipinski definition) is 6. The van der Waals surface area contributed by atoms with Crippen LogP contribution in [0.1, 0.15) is 37.4 Å². The molecule has 0 spiro atoms. The van der Waals surface area contributed by atoms with Gasteiger partial charge in [-0.25, -0.2) is 9.37 Å². The predicted molar refractivity (Wildman–Crippen MR) is 136 cm³/mol. The summed E-state index contributed by atoms with van der Waals surface area (Å²) in [4.78, 5) is 22.7. The molecule has 1 N–H and O–H groups in total. The molecular formula is C26H33FN4O3S. The topological polar surface area (TPSA) is 80.5 Å². The maximum Gasteiger partial charge on any atom is 0.308 e. The molecule has 3 aromatic rings. The van der Waals surface area contributed by atoms with Crippen LogP contribution >= 0.6 is 11.8 Å². The number of fused-ring (bicyclic) bond motifs is 1. The van der Waals surface area contributed by atoms with E-state index in [1.54, 1.807) is 37.5 Å². The molecule has 4 rings (SSSR count). The van der Waals surface area contributed by atoms with Gasteiger partial charge < -0.3 is 19.3 Å². The molecule has 3 heterocycles. The third-order valence-corrected chi connectivity index (χ3v) is 8.09. The van der Waals surface area contributed by atoms with Crippen molar-refractivity contribution in [3.63, 3.8) is 0 Å². The van der Waals surface area contributed by atoms with Crippen LogP contribution in [0.2, 0.25) is 0 Å². The normalized spacial score (nSPS) is 19.6. The first-order chi connectivity index (χ1) is 17.0. The zero-order chi connectivity index (χ0) is 24.8. The average Bonchev–Trinajstić information content (AvgIpc) is 3.29. The highest BCUT2D eigenvalue weighted by Crippen LogP contribution is 2.35. The quantitative estimate of drug-likeness (QED) is 0.294. The van der Waals surface area contributed by atoms with E-state index >= 15 is 4.39 Å². The van der Waals surface area contributed by atoms with Crippen molar-refractivity contribution < 1.29 is 19.0 Å². The molecule has 1 aliphatic heterocycles. The number of nitrogens with zero attached hydrogens (tertiary/aromatic N) is 4. The van der Waals surface area contributed by atoms with Gasteiger partial charge >= 0.3 is 5.97 Å². The molecule has 9 heteroatoms. The second kappa shape index (κ2) is 11.9. The highest BCUT2D eigenvalue weighted by molar-refractivity contribution is 7.99. The van der Waals surface area contributed by atoms with E-state index in [0.29, 0.717) is 30.7 Å². The summed E-state index contributed by atoms with van der Waals surface area (Å²) in [5.74, 6) is 0.364. The SMILES string of the molecule is COc1ccc2nccc([C@@H](F)CC[C@@H]3CCN(CCCSc4cncn4C)C[C@@H]3C(=O)O)c2c1. The zero-order valence-corrected chi connectivity index (χ0v) is 21.1. The molecule has 0 bridgehead atoms. The molecule has 188 valence electrons. The first-order valence-corrected chi connectivity index (χ1v) is 13.1. The van der Waals surface area contributed by atoms with Crippen LogP contribution in [0.25, 0.3) is 10.9 Å². The van der Waals surface area contributed by atoms with Crippen molar-refractivity contribution in [2.24, 2.45) is 18.9 Å². The molecule has 0 radical (unpaired) electrons. The summed E-state index contributed by atoms with van der Waals surface area (Å²) in [5.41, 5.74) is 1.31. The zero-order valence-electron chi connectivity index (χ0n) is 20.3. The Kier molecular flexibility index (Phi) is 8.62. The standard InChI is InChI=1S/C26H33FN4O3S/c1-30-17-28-15-25(30)35-13-3-11-31-12-9-18(22(16-31)26(32)33)4-6-23(27)20-8-10-29-24-7-5-19(34-2)14-21(20)24/h5,7-8,10,14-15,17-18,22-23H,3-4,6,9,11-13,16H2,1-2H3,(H,32,33)/t18-,22+,23+/m1/s1. The smallest absolute Gasteiger partial charge is 0.308 e. The Balaban J connectivity index is 1.30. The highest BCUT2D eigenvalue weighted by Gasteiger charge is 2.34. The Hall–Kier alpha value is -2.65. The van der Waals surface area contributed by atoms with Gasteiger partial charge in [0.15, 0.2) is 0 Å². The molecule has 1 saturated heterocycles. The molecule has 0 saturated carbocycles. The molecule has 0 aliphatic carbocycles. The average molecular weight is 501 g/mol. The molecule has 1 aliphatic rings. The predicted octanol–water partition coefficient (Wildman–Crippen LogP) is 4.97. The number of alkyl halides is 1. The number of rotatable bonds is 11. The second-order valence-electron chi connectivity index (χ2n) is 9.17. The minimum atomic E-state index is -1.18. The number of piperidine rings is 1. The summed E-state index contributed by atoms with van der Waals surface area (Å²) < 4.78 is 22.7. The minimum absolute atomic E-state index is 0.0199. The number of aryl methyl sites for hydroxylation is 1. The molecule has 1 aromatic carbocycles. The van der Waals surface area contributed by atoms with Gasteiger partial charge in [0.2, 0.25) is 0 Å². The minimum Gasteiger partial charge on any atom is -0.497 e. The second-order valence-corrected chi connectivity index (χ2v) is 10.3. The third kappa shape index (κ3) is 6.32. The van der Waals surface area contributed by atoms with Crippen LogP contribution in [0.3, 0.4) is 0 Å². The number of pyridine rings is 1. The van der Waals surface area contributed by atoms with Gasteiger partial charge in [-0.1, -0.05) is 0 Å². The fraction of sp³-hybridized carbons (Fsp3) is 0.500. The number of halogens is 1. The maximum atomic E-state index is 15.4. The van der Waals surface area contributed by atoms with Crippen LogP contribution in [0.15, 0.2) is 48.0 Å². The van der Waals surface area contributed by atoms with Crippen LogP contribution in [-0.4, -0.2) is 63.0 Å². The van der Waals surface area contributed by atoms with Crippen molar-refractivity contribution >= 4 is 28.6 Å². The summed E-state index contributed by atoms with van der Waals surface area (Å²) in [6.45, 7) is 2.26. The van der Waals surface area contributed by atoms with E-state index in [2.05, 4.69) is 14.9 Å². The first kappa shape index (κ1) is 25.4. The third-order valence-electron chi connectivity index (χ3n) is 6.91. The molecule has 7 nitrogen and oxygen atoms in total. The van der Waals surface area contributed by atoms with Gasteiger partial charge in [-0.2, -0.15) is 0 Å². The fourth-order valence-electron chi connectivity index (χ4n) is 4.91. The van der Waals surface area contributed by atoms with E-state index in [9.17, 15) is 9.90 Å². The lowest BCUT2D eigenvalue weighted by Crippen LogP contribution is -2.44. The van der Waals surface area contributed by atoms with E-state index in [-0.39, 0.29) is 5.92 Å². The Bertz CT molecular complexity index is 1140. The number of thioether (sulfide) groups is 1. The lowest BCUT2D eigenvalue weighted by Gasteiger charge is -2.36. The van der Waals surface area contributed by atoms with E-state index in [0.717, 1.165) is 47.6 Å². The number of carboxylic acids is 1. The van der Waals surface area contributed by atoms with E-state index in [1.807, 2.05) is 36.0 Å². The Labute approximate surface area is 209 Å². The Morgan fingerprint density at radius 3 is 2.97 bits per heavy atom. The Morgan fingerprint density at radius 2 is 2.23 bits per heavy atom. The van der Waals surface area contributed by atoms with Gasteiger partial charge in [-0.05, 0) is 74.5 Å². The summed E-state index contributed by atoms with van der Waals surface area (Å²) in [6.07, 6.45) is 6.72. The van der Waals surface area contributed by atoms with Gasteiger partial charge in [0, 0.05) is 30.9 Å². The van der Waals surface area contributed by atoms with Crippen LogP contribution < -0.4 is 4.74 Å². The van der Waals surface area contributed by atoms with Crippen LogP contribution in [0.4, 0.5) is 4.39 Å². The van der Waals surface area contributed by atoms with Crippen molar-refractivity contribution in [1.29, 1.82) is 0 Å². The van der Waals surface area contributed by atoms with Gasteiger partial charge in [0.05, 0.1) is 36.1 Å². The molecule has 1 fully saturated rings. The summed E-state index contributed by atoms with van der Waals surface area (Å²) in [5, 5.41) is 11.8. The highest BCUT2D eigenvalue weighted by atomic mass is 32.2.